The van der Waals surface area contributed by atoms with Gasteiger partial charge >= 0.3 is 0 Å². The molecule has 0 spiro atoms. The first-order valence-corrected chi connectivity index (χ1v) is 15.9. The molecule has 0 unspecified atom stereocenters. The van der Waals surface area contributed by atoms with Crippen LogP contribution in [0.15, 0.2) is 84.9 Å². The Balaban J connectivity index is 1.14. The quantitative estimate of drug-likeness (QED) is 0.241. The number of ether oxygens (including phenoxy) is 4. The number of aliphatic hydroxyl groups excluding tert-OH is 1. The van der Waals surface area contributed by atoms with Crippen LogP contribution in [-0.2, 0) is 29.0 Å². The molecule has 242 valence electrons. The molecule has 3 heterocycles. The third-order valence-electron chi connectivity index (χ3n) is 9.58. The number of aliphatic hydroxyl groups is 1. The second-order valence-electron chi connectivity index (χ2n) is 12.4. The molecule has 47 heavy (non-hydrogen) atoms. The van der Waals surface area contributed by atoms with E-state index in [1.54, 1.807) is 50.6 Å². The van der Waals surface area contributed by atoms with E-state index in [0.717, 1.165) is 47.7 Å². The first-order chi connectivity index (χ1) is 22.9. The van der Waals surface area contributed by atoms with Crippen molar-refractivity contribution in [3.05, 3.63) is 124 Å². The highest BCUT2D eigenvalue weighted by atomic mass is 16.7. The Labute approximate surface area is 274 Å². The first kappa shape index (κ1) is 31.1. The van der Waals surface area contributed by atoms with Crippen LogP contribution in [0.5, 0.6) is 11.5 Å². The number of anilines is 1. The fraction of sp³-hybridized carbons (Fsp3) is 0.316. The SMILES string of the molecule is COc1cc2c(cc1OC)CN(C[C@@H]1O[C@H](c3ccc(N4C(=O)c5ccccc5C4=O)cc3)O[C@H](c3ccc(CO)cc3)[C@@H]1C)CC2. The Kier molecular flexibility index (Phi) is 8.55. The summed E-state index contributed by atoms with van der Waals surface area (Å²) in [5.74, 6) is 0.828. The van der Waals surface area contributed by atoms with E-state index in [4.69, 9.17) is 18.9 Å². The lowest BCUT2D eigenvalue weighted by Crippen LogP contribution is -2.45. The van der Waals surface area contributed by atoms with Gasteiger partial charge in [0, 0.05) is 31.1 Å². The highest BCUT2D eigenvalue weighted by Gasteiger charge is 2.40. The number of benzene rings is 4. The molecule has 2 amide bonds. The monoisotopic (exact) mass is 634 g/mol. The van der Waals surface area contributed by atoms with Crippen LogP contribution in [0.4, 0.5) is 5.69 Å². The van der Waals surface area contributed by atoms with E-state index in [1.807, 2.05) is 36.4 Å². The second kappa shape index (κ2) is 12.9. The molecule has 3 aliphatic heterocycles. The van der Waals surface area contributed by atoms with Gasteiger partial charge in [-0.3, -0.25) is 14.5 Å². The summed E-state index contributed by atoms with van der Waals surface area (Å²) in [5, 5.41) is 9.61. The fourth-order valence-electron chi connectivity index (χ4n) is 6.88. The Bertz CT molecular complexity index is 1750. The van der Waals surface area contributed by atoms with Gasteiger partial charge < -0.3 is 24.1 Å². The zero-order valence-corrected chi connectivity index (χ0v) is 26.7. The van der Waals surface area contributed by atoms with Gasteiger partial charge in [-0.25, -0.2) is 4.90 Å². The second-order valence-corrected chi connectivity index (χ2v) is 12.4. The molecule has 9 heteroatoms. The van der Waals surface area contributed by atoms with Crippen LogP contribution in [-0.4, -0.2) is 55.2 Å². The van der Waals surface area contributed by atoms with Gasteiger partial charge in [-0.2, -0.15) is 0 Å². The van der Waals surface area contributed by atoms with Crippen LogP contribution in [0, 0.1) is 5.92 Å². The average Bonchev–Trinajstić information content (AvgIpc) is 3.37. The summed E-state index contributed by atoms with van der Waals surface area (Å²) in [6, 6.07) is 26.1. The van der Waals surface area contributed by atoms with Gasteiger partial charge in [0.15, 0.2) is 17.8 Å². The van der Waals surface area contributed by atoms with E-state index in [0.29, 0.717) is 23.4 Å². The number of carbonyl (C=O) groups excluding carboxylic acids is 2. The summed E-state index contributed by atoms with van der Waals surface area (Å²) in [7, 11) is 3.31. The summed E-state index contributed by atoms with van der Waals surface area (Å²) >= 11 is 0. The fourth-order valence-corrected chi connectivity index (χ4v) is 6.88. The molecule has 4 aromatic rings. The van der Waals surface area contributed by atoms with Crippen LogP contribution in [0.2, 0.25) is 0 Å². The highest BCUT2D eigenvalue weighted by Crippen LogP contribution is 2.43. The highest BCUT2D eigenvalue weighted by molar-refractivity contribution is 6.34. The van der Waals surface area contributed by atoms with Crippen LogP contribution in [0.3, 0.4) is 0 Å². The summed E-state index contributed by atoms with van der Waals surface area (Å²) in [5.41, 5.74) is 6.43. The number of methoxy groups -OCH3 is 2. The minimum atomic E-state index is -0.670. The molecule has 1 N–H and O–H groups in total. The van der Waals surface area contributed by atoms with Gasteiger partial charge in [0.1, 0.15) is 0 Å². The normalized spacial score (nSPS) is 22.6. The minimum absolute atomic E-state index is 0.0237. The standard InChI is InChI=1S/C38H38N2O7/c1-23-34(21-39-17-16-27-18-32(44-2)33(45-3)19-28(27)20-39)46-38(47-35(23)25-10-8-24(22-41)9-11-25)26-12-14-29(15-13-26)40-36(42)30-6-4-5-7-31(30)37(40)43/h4-15,18-19,23,34-35,38,41H,16-17,20-22H2,1-3H3/t23-,34+,35+,38+/m1/s1. The maximum absolute atomic E-state index is 13.1. The zero-order valence-electron chi connectivity index (χ0n) is 26.7. The molecule has 0 radical (unpaired) electrons. The van der Waals surface area contributed by atoms with Crippen molar-refractivity contribution in [2.45, 2.75) is 45.0 Å². The predicted octanol–water partition coefficient (Wildman–Crippen LogP) is 5.85. The number of amides is 2. The topological polar surface area (TPSA) is 97.8 Å². The van der Waals surface area contributed by atoms with E-state index in [-0.39, 0.29) is 36.5 Å². The molecule has 0 aliphatic carbocycles. The van der Waals surface area contributed by atoms with E-state index >= 15 is 0 Å². The predicted molar refractivity (Wildman–Crippen MR) is 176 cm³/mol. The number of rotatable bonds is 8. The summed E-state index contributed by atoms with van der Waals surface area (Å²) in [6.45, 7) is 4.47. The Morgan fingerprint density at radius 1 is 0.809 bits per heavy atom. The molecule has 0 bridgehead atoms. The Morgan fingerprint density at radius 2 is 1.43 bits per heavy atom. The summed E-state index contributed by atoms with van der Waals surface area (Å²) in [6.07, 6.45) is -0.198. The number of nitrogens with zero attached hydrogens (tertiary/aromatic N) is 2. The van der Waals surface area contributed by atoms with Crippen molar-refractivity contribution < 1.29 is 33.6 Å². The average molecular weight is 635 g/mol. The van der Waals surface area contributed by atoms with E-state index in [2.05, 4.69) is 24.0 Å². The summed E-state index contributed by atoms with van der Waals surface area (Å²) in [4.78, 5) is 29.8. The Hall–Kier alpha value is -4.54. The van der Waals surface area contributed by atoms with E-state index < -0.39 is 6.29 Å². The molecule has 0 aromatic heterocycles. The van der Waals surface area contributed by atoms with Crippen molar-refractivity contribution in [2.24, 2.45) is 5.92 Å². The molecule has 4 atom stereocenters. The number of fused-ring (bicyclic) bond motifs is 2. The molecule has 4 aromatic carbocycles. The molecule has 1 fully saturated rings. The first-order valence-electron chi connectivity index (χ1n) is 15.9. The molecular formula is C38H38N2O7. The third kappa shape index (κ3) is 5.80. The van der Waals surface area contributed by atoms with Crippen molar-refractivity contribution in [3.8, 4) is 11.5 Å². The van der Waals surface area contributed by atoms with Crippen LogP contribution < -0.4 is 14.4 Å². The number of carbonyl (C=O) groups is 2. The maximum atomic E-state index is 13.1. The third-order valence-corrected chi connectivity index (χ3v) is 9.58. The largest absolute Gasteiger partial charge is 0.493 e. The van der Waals surface area contributed by atoms with Crippen molar-refractivity contribution in [2.75, 3.05) is 32.2 Å². The minimum Gasteiger partial charge on any atom is -0.493 e. The lowest BCUT2D eigenvalue weighted by Gasteiger charge is -2.43. The van der Waals surface area contributed by atoms with Crippen LogP contribution >= 0.6 is 0 Å². The van der Waals surface area contributed by atoms with Gasteiger partial charge in [-0.05, 0) is 65.1 Å². The van der Waals surface area contributed by atoms with Crippen molar-refractivity contribution >= 4 is 17.5 Å². The number of hydrogen-bond acceptors (Lipinski definition) is 8. The van der Waals surface area contributed by atoms with Crippen LogP contribution in [0.1, 0.15) is 67.9 Å². The van der Waals surface area contributed by atoms with Gasteiger partial charge in [0.05, 0.1) is 49.8 Å². The molecular weight excluding hydrogens is 596 g/mol. The molecule has 0 saturated carbocycles. The zero-order chi connectivity index (χ0) is 32.7. The van der Waals surface area contributed by atoms with Gasteiger partial charge in [-0.1, -0.05) is 55.5 Å². The van der Waals surface area contributed by atoms with E-state index in [1.165, 1.54) is 16.0 Å². The number of hydrogen-bond donors (Lipinski definition) is 1. The van der Waals surface area contributed by atoms with E-state index in [9.17, 15) is 14.7 Å². The van der Waals surface area contributed by atoms with Crippen molar-refractivity contribution in [1.29, 1.82) is 0 Å². The molecule has 9 nitrogen and oxygen atoms in total. The molecule has 1 saturated heterocycles. The lowest BCUT2D eigenvalue weighted by molar-refractivity contribution is -0.276. The molecule has 7 rings (SSSR count). The smallest absolute Gasteiger partial charge is 0.266 e. The summed E-state index contributed by atoms with van der Waals surface area (Å²) < 4.78 is 24.5. The maximum Gasteiger partial charge on any atom is 0.266 e. The van der Waals surface area contributed by atoms with Crippen LogP contribution in [0.25, 0.3) is 0 Å². The Morgan fingerprint density at radius 3 is 2.04 bits per heavy atom. The van der Waals surface area contributed by atoms with Crippen molar-refractivity contribution in [1.82, 2.24) is 4.90 Å². The molecule has 3 aliphatic rings. The number of imide groups is 1. The van der Waals surface area contributed by atoms with Gasteiger partial charge in [-0.15, -0.1) is 0 Å². The van der Waals surface area contributed by atoms with Crippen molar-refractivity contribution in [3.63, 3.8) is 0 Å². The van der Waals surface area contributed by atoms with Gasteiger partial charge in [0.25, 0.3) is 11.8 Å². The lowest BCUT2D eigenvalue weighted by atomic mass is 9.89. The van der Waals surface area contributed by atoms with Gasteiger partial charge in [0.2, 0.25) is 0 Å².